The lowest BCUT2D eigenvalue weighted by molar-refractivity contribution is -0.113. The summed E-state index contributed by atoms with van der Waals surface area (Å²) in [4.78, 5) is 26.5. The molecule has 5 heteroatoms. The van der Waals surface area contributed by atoms with Crippen LogP contribution in [0.1, 0.15) is 11.1 Å². The standard InChI is InChI=1S/C23H17NO3S/c25-22-21(28-23(26)24(22)19-9-5-2-6-10-19)15-17-11-13-20(14-12-17)27-16-18-7-3-1-4-8-18/h1-15H,16H2/b21-15-. The maximum absolute atomic E-state index is 12.6. The summed E-state index contributed by atoms with van der Waals surface area (Å²) < 4.78 is 5.77. The molecular weight excluding hydrogens is 370 g/mol. The molecule has 1 aliphatic rings. The van der Waals surface area contributed by atoms with Gasteiger partial charge in [0.1, 0.15) is 12.4 Å². The molecule has 3 aromatic rings. The number of thioether (sulfide) groups is 1. The molecule has 1 saturated heterocycles. The highest BCUT2D eigenvalue weighted by Gasteiger charge is 2.36. The van der Waals surface area contributed by atoms with Gasteiger partial charge in [0.2, 0.25) is 0 Å². The van der Waals surface area contributed by atoms with Crippen molar-refractivity contribution in [1.29, 1.82) is 0 Å². The fourth-order valence-electron chi connectivity index (χ4n) is 2.82. The van der Waals surface area contributed by atoms with Crippen molar-refractivity contribution < 1.29 is 14.3 Å². The Labute approximate surface area is 167 Å². The molecule has 0 spiro atoms. The SMILES string of the molecule is O=C1S/C(=C\c2ccc(OCc3ccccc3)cc2)C(=O)N1c1ccccc1. The number of amides is 2. The predicted octanol–water partition coefficient (Wildman–Crippen LogP) is 5.51. The van der Waals surface area contributed by atoms with Crippen LogP contribution in [0, 0.1) is 0 Å². The topological polar surface area (TPSA) is 46.6 Å². The van der Waals surface area contributed by atoms with Crippen molar-refractivity contribution in [3.8, 4) is 5.75 Å². The number of benzene rings is 3. The largest absolute Gasteiger partial charge is 0.489 e. The van der Waals surface area contributed by atoms with Gasteiger partial charge in [0, 0.05) is 0 Å². The van der Waals surface area contributed by atoms with E-state index < -0.39 is 0 Å². The normalized spacial score (nSPS) is 15.3. The Morgan fingerprint density at radius 3 is 2.14 bits per heavy atom. The zero-order valence-electron chi connectivity index (χ0n) is 14.9. The Morgan fingerprint density at radius 2 is 1.46 bits per heavy atom. The number of nitrogens with zero attached hydrogens (tertiary/aromatic N) is 1. The molecule has 4 rings (SSSR count). The molecule has 0 atom stereocenters. The number of hydrogen-bond donors (Lipinski definition) is 0. The second-order valence-electron chi connectivity index (χ2n) is 6.20. The fourth-order valence-corrected chi connectivity index (χ4v) is 3.66. The average molecular weight is 387 g/mol. The number of para-hydroxylation sites is 1. The van der Waals surface area contributed by atoms with Gasteiger partial charge in [-0.05, 0) is 53.2 Å². The van der Waals surface area contributed by atoms with Gasteiger partial charge < -0.3 is 4.74 Å². The Morgan fingerprint density at radius 1 is 0.821 bits per heavy atom. The molecule has 0 aromatic heterocycles. The van der Waals surface area contributed by atoms with Crippen molar-refractivity contribution in [1.82, 2.24) is 0 Å². The molecule has 3 aromatic carbocycles. The van der Waals surface area contributed by atoms with E-state index in [0.29, 0.717) is 17.2 Å². The predicted molar refractivity (Wildman–Crippen MR) is 112 cm³/mol. The zero-order valence-corrected chi connectivity index (χ0v) is 15.8. The molecule has 28 heavy (non-hydrogen) atoms. The summed E-state index contributed by atoms with van der Waals surface area (Å²) in [5, 5.41) is -0.287. The molecule has 1 fully saturated rings. The summed E-state index contributed by atoms with van der Waals surface area (Å²) in [5.74, 6) is 0.448. The van der Waals surface area contributed by atoms with Gasteiger partial charge in [0.05, 0.1) is 10.6 Å². The number of ether oxygens (including phenoxy) is 1. The molecule has 4 nitrogen and oxygen atoms in total. The van der Waals surface area contributed by atoms with Gasteiger partial charge in [0.25, 0.3) is 11.1 Å². The van der Waals surface area contributed by atoms with Gasteiger partial charge in [-0.25, -0.2) is 4.90 Å². The molecular formula is C23H17NO3S. The number of anilines is 1. The number of carbonyl (C=O) groups excluding carboxylic acids is 2. The van der Waals surface area contributed by atoms with Crippen LogP contribution in [0.3, 0.4) is 0 Å². The van der Waals surface area contributed by atoms with E-state index in [0.717, 1.165) is 28.6 Å². The molecule has 0 unspecified atom stereocenters. The Bertz CT molecular complexity index is 1010. The lowest BCUT2D eigenvalue weighted by Gasteiger charge is -2.11. The molecule has 1 heterocycles. The molecule has 2 amide bonds. The quantitative estimate of drug-likeness (QED) is 0.542. The van der Waals surface area contributed by atoms with Crippen LogP contribution in [0.5, 0.6) is 5.75 Å². The van der Waals surface area contributed by atoms with Crippen LogP contribution in [-0.2, 0) is 11.4 Å². The minimum absolute atomic E-state index is 0.287. The third kappa shape index (κ3) is 4.00. The minimum atomic E-state index is -0.300. The Hall–Kier alpha value is -3.31. The lowest BCUT2D eigenvalue weighted by Crippen LogP contribution is -2.27. The van der Waals surface area contributed by atoms with Gasteiger partial charge in [0.15, 0.2) is 0 Å². The molecule has 0 bridgehead atoms. The minimum Gasteiger partial charge on any atom is -0.489 e. The van der Waals surface area contributed by atoms with Crippen LogP contribution in [0.2, 0.25) is 0 Å². The maximum atomic E-state index is 12.6. The summed E-state index contributed by atoms with van der Waals surface area (Å²) >= 11 is 0.950. The number of hydrogen-bond acceptors (Lipinski definition) is 4. The van der Waals surface area contributed by atoms with Crippen molar-refractivity contribution in [2.45, 2.75) is 6.61 Å². The monoisotopic (exact) mass is 387 g/mol. The second kappa shape index (κ2) is 8.15. The van der Waals surface area contributed by atoms with Gasteiger partial charge >= 0.3 is 0 Å². The first-order valence-corrected chi connectivity index (χ1v) is 9.62. The Balaban J connectivity index is 1.45. The van der Waals surface area contributed by atoms with Crippen LogP contribution in [0.15, 0.2) is 89.8 Å². The van der Waals surface area contributed by atoms with Gasteiger partial charge in [-0.1, -0.05) is 60.7 Å². The summed E-state index contributed by atoms with van der Waals surface area (Å²) in [7, 11) is 0. The highest BCUT2D eigenvalue weighted by atomic mass is 32.2. The molecule has 0 radical (unpaired) electrons. The van der Waals surface area contributed by atoms with E-state index >= 15 is 0 Å². The van der Waals surface area contributed by atoms with E-state index in [4.69, 9.17) is 4.74 Å². The lowest BCUT2D eigenvalue weighted by atomic mass is 10.2. The van der Waals surface area contributed by atoms with E-state index in [2.05, 4.69) is 0 Å². The van der Waals surface area contributed by atoms with E-state index in [1.807, 2.05) is 60.7 Å². The zero-order chi connectivity index (χ0) is 19.3. The van der Waals surface area contributed by atoms with Crippen molar-refractivity contribution >= 4 is 34.7 Å². The smallest absolute Gasteiger partial charge is 0.298 e. The number of imide groups is 1. The average Bonchev–Trinajstić information content (AvgIpc) is 3.02. The molecule has 0 N–H and O–H groups in total. The number of rotatable bonds is 5. The molecule has 138 valence electrons. The van der Waals surface area contributed by atoms with Crippen molar-refractivity contribution in [3.63, 3.8) is 0 Å². The highest BCUT2D eigenvalue weighted by Crippen LogP contribution is 2.35. The van der Waals surface area contributed by atoms with Crippen LogP contribution in [0.25, 0.3) is 6.08 Å². The van der Waals surface area contributed by atoms with Crippen LogP contribution in [0.4, 0.5) is 10.5 Å². The molecule has 0 saturated carbocycles. The van der Waals surface area contributed by atoms with E-state index in [1.165, 1.54) is 4.90 Å². The first kappa shape index (κ1) is 18.1. The molecule has 1 aliphatic heterocycles. The van der Waals surface area contributed by atoms with Crippen LogP contribution >= 0.6 is 11.8 Å². The summed E-state index contributed by atoms with van der Waals surface area (Å²) in [6.07, 6.45) is 1.73. The Kier molecular flexibility index (Phi) is 5.26. The summed E-state index contributed by atoms with van der Waals surface area (Å²) in [5.41, 5.74) is 2.52. The third-order valence-electron chi connectivity index (χ3n) is 4.23. The summed E-state index contributed by atoms with van der Waals surface area (Å²) in [6.45, 7) is 0.496. The van der Waals surface area contributed by atoms with Crippen molar-refractivity contribution in [3.05, 3.63) is 101 Å². The first-order valence-electron chi connectivity index (χ1n) is 8.80. The number of carbonyl (C=O) groups is 2. The van der Waals surface area contributed by atoms with Gasteiger partial charge in [-0.15, -0.1) is 0 Å². The maximum Gasteiger partial charge on any atom is 0.298 e. The fraction of sp³-hybridized carbons (Fsp3) is 0.0435. The van der Waals surface area contributed by atoms with Crippen LogP contribution < -0.4 is 9.64 Å². The first-order chi connectivity index (χ1) is 13.7. The van der Waals surface area contributed by atoms with E-state index in [1.54, 1.807) is 30.3 Å². The third-order valence-corrected chi connectivity index (χ3v) is 5.10. The van der Waals surface area contributed by atoms with E-state index in [-0.39, 0.29) is 11.1 Å². The van der Waals surface area contributed by atoms with E-state index in [9.17, 15) is 9.59 Å². The summed E-state index contributed by atoms with van der Waals surface area (Å²) in [6, 6.07) is 26.4. The highest BCUT2D eigenvalue weighted by molar-refractivity contribution is 8.19. The van der Waals surface area contributed by atoms with Crippen molar-refractivity contribution in [2.24, 2.45) is 0 Å². The van der Waals surface area contributed by atoms with Crippen LogP contribution in [-0.4, -0.2) is 11.1 Å². The van der Waals surface area contributed by atoms with Gasteiger partial charge in [-0.2, -0.15) is 0 Å². The molecule has 0 aliphatic carbocycles. The second-order valence-corrected chi connectivity index (χ2v) is 7.19. The van der Waals surface area contributed by atoms with Crippen molar-refractivity contribution in [2.75, 3.05) is 4.90 Å². The van der Waals surface area contributed by atoms with Gasteiger partial charge in [-0.3, -0.25) is 9.59 Å².